The Morgan fingerprint density at radius 1 is 1.20 bits per heavy atom. The summed E-state index contributed by atoms with van der Waals surface area (Å²) in [5, 5.41) is 10.5. The van der Waals surface area contributed by atoms with Gasteiger partial charge >= 0.3 is 5.97 Å². The average Bonchev–Trinajstić information content (AvgIpc) is 2.99. The maximum atomic E-state index is 13.9. The molecule has 0 bridgehead atoms. The van der Waals surface area contributed by atoms with E-state index in [4.69, 9.17) is 16.3 Å². The van der Waals surface area contributed by atoms with Crippen LogP contribution in [0.5, 0.6) is 5.75 Å². The summed E-state index contributed by atoms with van der Waals surface area (Å²) in [6.07, 6.45) is 0.446. The SMILES string of the molecule is CCC(C)OC(=O)C(C)c1c(C)n(C(=O)c2ccc(Cl)c(F)c2)c2ccc(O)cc12. The number of aromatic nitrogens is 1. The number of fused-ring (bicyclic) bond motifs is 1. The van der Waals surface area contributed by atoms with Crippen molar-refractivity contribution in [2.45, 2.75) is 46.1 Å². The van der Waals surface area contributed by atoms with Crippen LogP contribution in [0.25, 0.3) is 10.9 Å². The summed E-state index contributed by atoms with van der Waals surface area (Å²) in [7, 11) is 0. The minimum atomic E-state index is -0.694. The highest BCUT2D eigenvalue weighted by Crippen LogP contribution is 2.35. The van der Waals surface area contributed by atoms with Crippen LogP contribution in [0.4, 0.5) is 4.39 Å². The number of benzene rings is 2. The zero-order valence-corrected chi connectivity index (χ0v) is 18.0. The van der Waals surface area contributed by atoms with Gasteiger partial charge in [-0.1, -0.05) is 18.5 Å². The second-order valence-electron chi connectivity index (χ2n) is 7.35. The van der Waals surface area contributed by atoms with Gasteiger partial charge in [-0.2, -0.15) is 0 Å². The summed E-state index contributed by atoms with van der Waals surface area (Å²) in [5.41, 5.74) is 1.72. The second-order valence-corrected chi connectivity index (χ2v) is 7.75. The molecule has 7 heteroatoms. The zero-order valence-electron chi connectivity index (χ0n) is 17.2. The van der Waals surface area contributed by atoms with Gasteiger partial charge in [-0.3, -0.25) is 14.2 Å². The summed E-state index contributed by atoms with van der Waals surface area (Å²) in [4.78, 5) is 25.9. The van der Waals surface area contributed by atoms with E-state index in [2.05, 4.69) is 0 Å². The molecule has 158 valence electrons. The molecular formula is C23H23ClFNO4. The second kappa shape index (κ2) is 8.48. The minimum absolute atomic E-state index is 0.00776. The first kappa shape index (κ1) is 21.8. The fourth-order valence-corrected chi connectivity index (χ4v) is 3.62. The van der Waals surface area contributed by atoms with Gasteiger partial charge in [0.2, 0.25) is 0 Å². The molecule has 0 fully saturated rings. The van der Waals surface area contributed by atoms with Gasteiger partial charge in [-0.25, -0.2) is 4.39 Å². The van der Waals surface area contributed by atoms with Crippen molar-refractivity contribution in [3.8, 4) is 5.75 Å². The number of ether oxygens (including phenoxy) is 1. The number of nitrogens with zero attached hydrogens (tertiary/aromatic N) is 1. The van der Waals surface area contributed by atoms with Crippen LogP contribution < -0.4 is 0 Å². The first-order valence-corrected chi connectivity index (χ1v) is 10.1. The summed E-state index contributed by atoms with van der Waals surface area (Å²) in [6.45, 7) is 7.14. The van der Waals surface area contributed by atoms with Crippen LogP contribution in [0.3, 0.4) is 0 Å². The van der Waals surface area contributed by atoms with Crippen LogP contribution in [-0.4, -0.2) is 27.7 Å². The molecule has 3 aromatic rings. The number of phenols is 1. The maximum absolute atomic E-state index is 13.9. The largest absolute Gasteiger partial charge is 0.508 e. The van der Waals surface area contributed by atoms with Crippen LogP contribution in [0.15, 0.2) is 36.4 Å². The highest BCUT2D eigenvalue weighted by atomic mass is 35.5. The Balaban J connectivity index is 2.17. The molecule has 2 atom stereocenters. The standard InChI is InChI=1S/C23H23ClFNO4/c1-5-12(2)30-23(29)13(3)21-14(4)26(20-9-7-16(27)11-17(20)21)22(28)15-6-8-18(24)19(25)10-15/h6-13,27H,5H2,1-4H3. The molecule has 1 N–H and O–H groups in total. The molecule has 0 aliphatic rings. The molecule has 0 radical (unpaired) electrons. The molecule has 30 heavy (non-hydrogen) atoms. The van der Waals surface area contributed by atoms with Crippen LogP contribution in [0.2, 0.25) is 5.02 Å². The van der Waals surface area contributed by atoms with Crippen LogP contribution in [0.1, 0.15) is 54.7 Å². The number of hydrogen-bond acceptors (Lipinski definition) is 4. The van der Waals surface area contributed by atoms with E-state index in [1.54, 1.807) is 19.9 Å². The van der Waals surface area contributed by atoms with E-state index in [0.717, 1.165) is 6.07 Å². The summed E-state index contributed by atoms with van der Waals surface area (Å²) in [6, 6.07) is 8.41. The van der Waals surface area contributed by atoms with Gasteiger partial charge in [-0.15, -0.1) is 0 Å². The Bertz CT molecular complexity index is 1140. The van der Waals surface area contributed by atoms with E-state index in [1.807, 2.05) is 13.8 Å². The Morgan fingerprint density at radius 2 is 1.90 bits per heavy atom. The lowest BCUT2D eigenvalue weighted by molar-refractivity contribution is -0.149. The Morgan fingerprint density at radius 3 is 2.53 bits per heavy atom. The monoisotopic (exact) mass is 431 g/mol. The van der Waals surface area contributed by atoms with Gasteiger partial charge in [-0.05, 0) is 69.2 Å². The van der Waals surface area contributed by atoms with Crippen molar-refractivity contribution >= 4 is 34.4 Å². The molecule has 0 saturated carbocycles. The lowest BCUT2D eigenvalue weighted by Gasteiger charge is -2.16. The molecule has 0 spiro atoms. The van der Waals surface area contributed by atoms with Gasteiger partial charge < -0.3 is 9.84 Å². The van der Waals surface area contributed by atoms with Gasteiger partial charge in [0.05, 0.1) is 22.6 Å². The molecule has 5 nitrogen and oxygen atoms in total. The molecule has 0 saturated heterocycles. The van der Waals surface area contributed by atoms with Gasteiger partial charge in [0.1, 0.15) is 11.6 Å². The van der Waals surface area contributed by atoms with E-state index in [-0.39, 0.29) is 22.4 Å². The maximum Gasteiger partial charge on any atom is 0.313 e. The Labute approximate surface area is 179 Å². The summed E-state index contributed by atoms with van der Waals surface area (Å²) >= 11 is 5.74. The lowest BCUT2D eigenvalue weighted by Crippen LogP contribution is -2.20. The molecule has 0 amide bonds. The van der Waals surface area contributed by atoms with Crippen LogP contribution in [-0.2, 0) is 9.53 Å². The highest BCUT2D eigenvalue weighted by Gasteiger charge is 2.28. The van der Waals surface area contributed by atoms with Crippen molar-refractivity contribution in [3.63, 3.8) is 0 Å². The molecule has 0 aliphatic carbocycles. The number of aromatic hydroxyl groups is 1. The number of halogens is 2. The van der Waals surface area contributed by atoms with Crippen molar-refractivity contribution in [1.82, 2.24) is 4.57 Å². The average molecular weight is 432 g/mol. The number of carbonyl (C=O) groups excluding carboxylic acids is 2. The lowest BCUT2D eigenvalue weighted by atomic mass is 9.97. The van der Waals surface area contributed by atoms with E-state index < -0.39 is 23.6 Å². The fraction of sp³-hybridized carbons (Fsp3) is 0.304. The molecule has 1 heterocycles. The van der Waals surface area contributed by atoms with E-state index in [0.29, 0.717) is 28.6 Å². The number of phenolic OH excluding ortho intramolecular Hbond substituents is 1. The van der Waals surface area contributed by atoms with Crippen molar-refractivity contribution < 1.29 is 23.8 Å². The molecule has 2 aromatic carbocycles. The molecule has 1 aromatic heterocycles. The number of esters is 1. The molecule has 0 aliphatic heterocycles. The molecular weight excluding hydrogens is 409 g/mol. The predicted octanol–water partition coefficient (Wildman–Crippen LogP) is 5.58. The van der Waals surface area contributed by atoms with E-state index in [1.165, 1.54) is 28.8 Å². The van der Waals surface area contributed by atoms with Gasteiger partial charge in [0.25, 0.3) is 5.91 Å². The first-order valence-electron chi connectivity index (χ1n) is 9.69. The summed E-state index contributed by atoms with van der Waals surface area (Å²) < 4.78 is 20.8. The third kappa shape index (κ3) is 3.92. The molecule has 3 rings (SSSR count). The number of rotatable bonds is 5. The predicted molar refractivity (Wildman–Crippen MR) is 114 cm³/mol. The van der Waals surface area contributed by atoms with Gasteiger partial charge in [0.15, 0.2) is 0 Å². The van der Waals surface area contributed by atoms with Crippen molar-refractivity contribution in [1.29, 1.82) is 0 Å². The number of hydrogen-bond donors (Lipinski definition) is 1. The van der Waals surface area contributed by atoms with E-state index >= 15 is 0 Å². The smallest absolute Gasteiger partial charge is 0.313 e. The van der Waals surface area contributed by atoms with Crippen LogP contribution in [0, 0.1) is 12.7 Å². The van der Waals surface area contributed by atoms with Crippen molar-refractivity contribution in [3.05, 3.63) is 64.1 Å². The minimum Gasteiger partial charge on any atom is -0.508 e. The number of carbonyl (C=O) groups is 2. The third-order valence-electron chi connectivity index (χ3n) is 5.28. The van der Waals surface area contributed by atoms with Crippen molar-refractivity contribution in [2.75, 3.05) is 0 Å². The molecule has 2 unspecified atom stereocenters. The Kier molecular flexibility index (Phi) is 6.17. The Hall–Kier alpha value is -2.86. The summed E-state index contributed by atoms with van der Waals surface area (Å²) in [5.74, 6) is -2.24. The highest BCUT2D eigenvalue weighted by molar-refractivity contribution is 6.30. The van der Waals surface area contributed by atoms with Gasteiger partial charge in [0, 0.05) is 16.6 Å². The van der Waals surface area contributed by atoms with Crippen LogP contribution >= 0.6 is 11.6 Å². The normalized spacial score (nSPS) is 13.3. The topological polar surface area (TPSA) is 68.5 Å². The third-order valence-corrected chi connectivity index (χ3v) is 5.59. The fourth-order valence-electron chi connectivity index (χ4n) is 3.50. The quantitative estimate of drug-likeness (QED) is 0.535. The zero-order chi connectivity index (χ0) is 22.2. The first-order chi connectivity index (χ1) is 14.1. The van der Waals surface area contributed by atoms with Crippen molar-refractivity contribution in [2.24, 2.45) is 0 Å². The van der Waals surface area contributed by atoms with E-state index in [9.17, 15) is 19.1 Å².